The van der Waals surface area contributed by atoms with E-state index in [9.17, 15) is 5.11 Å². The Kier molecular flexibility index (Phi) is 4.06. The number of hydrogen-bond donors (Lipinski definition) is 2. The summed E-state index contributed by atoms with van der Waals surface area (Å²) in [5, 5.41) is 11.6. The number of aromatic amines is 1. The molecular weight excluding hydrogens is 252 g/mol. The number of nitrogens with one attached hydrogen (secondary N) is 1. The van der Waals surface area contributed by atoms with Crippen LogP contribution in [0.3, 0.4) is 0 Å². The zero-order chi connectivity index (χ0) is 14.9. The second-order valence-corrected chi connectivity index (χ2v) is 6.15. The maximum Gasteiger partial charge on any atom is 0.228 e. The normalized spacial score (nSPS) is 15.6. The SMILES string of the molecule is CC(Oc1cccc2[nH]ccc12)C(O)[N+](C)(C)C(C)C. The van der Waals surface area contributed by atoms with Gasteiger partial charge in [0.15, 0.2) is 6.10 Å². The smallest absolute Gasteiger partial charge is 0.228 e. The van der Waals surface area contributed by atoms with Crippen LogP contribution in [0, 0.1) is 0 Å². The number of fused-ring (bicyclic) bond motifs is 1. The first-order chi connectivity index (χ1) is 9.34. The second-order valence-electron chi connectivity index (χ2n) is 6.15. The quantitative estimate of drug-likeness (QED) is 0.652. The molecule has 0 aliphatic rings. The van der Waals surface area contributed by atoms with Gasteiger partial charge in [-0.05, 0) is 39.0 Å². The van der Waals surface area contributed by atoms with Gasteiger partial charge in [0.1, 0.15) is 5.75 Å². The number of rotatable bonds is 5. The van der Waals surface area contributed by atoms with Gasteiger partial charge in [-0.25, -0.2) is 0 Å². The van der Waals surface area contributed by atoms with E-state index in [-0.39, 0.29) is 6.10 Å². The summed E-state index contributed by atoms with van der Waals surface area (Å²) in [5.74, 6) is 0.805. The number of benzene rings is 1. The lowest BCUT2D eigenvalue weighted by Gasteiger charge is -2.40. The first kappa shape index (κ1) is 14.9. The molecule has 20 heavy (non-hydrogen) atoms. The van der Waals surface area contributed by atoms with Crippen molar-refractivity contribution in [1.82, 2.24) is 4.98 Å². The molecule has 0 amide bonds. The van der Waals surface area contributed by atoms with Gasteiger partial charge in [-0.2, -0.15) is 0 Å². The fraction of sp³-hybridized carbons (Fsp3) is 0.500. The van der Waals surface area contributed by atoms with Crippen LogP contribution in [0.1, 0.15) is 20.8 Å². The van der Waals surface area contributed by atoms with Crippen molar-refractivity contribution < 1.29 is 14.3 Å². The van der Waals surface area contributed by atoms with Crippen molar-refractivity contribution in [3.63, 3.8) is 0 Å². The van der Waals surface area contributed by atoms with Gasteiger partial charge in [0, 0.05) is 17.1 Å². The summed E-state index contributed by atoms with van der Waals surface area (Å²) in [6.45, 7) is 6.12. The van der Waals surface area contributed by atoms with Crippen LogP contribution in [0.4, 0.5) is 0 Å². The van der Waals surface area contributed by atoms with E-state index in [2.05, 4.69) is 18.8 Å². The minimum Gasteiger partial charge on any atom is -0.481 e. The van der Waals surface area contributed by atoms with E-state index in [1.807, 2.05) is 51.5 Å². The largest absolute Gasteiger partial charge is 0.481 e. The molecule has 2 atom stereocenters. The number of ether oxygens (including phenoxy) is 1. The Bertz CT molecular complexity index is 575. The van der Waals surface area contributed by atoms with Gasteiger partial charge in [-0.1, -0.05) is 6.07 Å². The second kappa shape index (κ2) is 5.46. The van der Waals surface area contributed by atoms with E-state index in [4.69, 9.17) is 4.74 Å². The molecule has 0 fully saturated rings. The third-order valence-electron chi connectivity index (χ3n) is 4.30. The Morgan fingerprint density at radius 2 is 1.85 bits per heavy atom. The van der Waals surface area contributed by atoms with E-state index in [0.29, 0.717) is 10.5 Å². The highest BCUT2D eigenvalue weighted by Crippen LogP contribution is 2.27. The summed E-state index contributed by atoms with van der Waals surface area (Å²) < 4.78 is 6.50. The molecule has 1 heterocycles. The number of quaternary nitrogens is 1. The molecule has 0 saturated heterocycles. The summed E-state index contributed by atoms with van der Waals surface area (Å²) in [6.07, 6.45) is 1.03. The van der Waals surface area contributed by atoms with Crippen molar-refractivity contribution in [3.8, 4) is 5.75 Å². The van der Waals surface area contributed by atoms with E-state index in [1.165, 1.54) is 0 Å². The number of aliphatic hydroxyl groups is 1. The lowest BCUT2D eigenvalue weighted by molar-refractivity contribution is -0.958. The van der Waals surface area contributed by atoms with E-state index < -0.39 is 6.23 Å². The van der Waals surface area contributed by atoms with Gasteiger partial charge in [-0.3, -0.25) is 4.48 Å². The van der Waals surface area contributed by atoms with Gasteiger partial charge in [0.25, 0.3) is 0 Å². The fourth-order valence-electron chi connectivity index (χ4n) is 2.27. The summed E-state index contributed by atoms with van der Waals surface area (Å²) >= 11 is 0. The molecule has 4 nitrogen and oxygen atoms in total. The molecule has 4 heteroatoms. The predicted octanol–water partition coefficient (Wildman–Crippen LogP) is 2.74. The molecule has 2 aromatic rings. The third-order valence-corrected chi connectivity index (χ3v) is 4.30. The van der Waals surface area contributed by atoms with Crippen LogP contribution in [0.2, 0.25) is 0 Å². The zero-order valence-electron chi connectivity index (χ0n) is 12.9. The van der Waals surface area contributed by atoms with E-state index in [1.54, 1.807) is 0 Å². The Balaban J connectivity index is 2.19. The van der Waals surface area contributed by atoms with Crippen LogP contribution in [-0.4, -0.2) is 47.0 Å². The minimum absolute atomic E-state index is 0.284. The average Bonchev–Trinajstić information content (AvgIpc) is 2.86. The molecule has 2 N–H and O–H groups in total. The van der Waals surface area contributed by atoms with Crippen molar-refractivity contribution in [2.24, 2.45) is 0 Å². The van der Waals surface area contributed by atoms with Crippen LogP contribution in [0.5, 0.6) is 5.75 Å². The molecule has 0 aliphatic carbocycles. The molecule has 0 aliphatic heterocycles. The lowest BCUT2D eigenvalue weighted by atomic mass is 10.2. The van der Waals surface area contributed by atoms with E-state index >= 15 is 0 Å². The molecule has 0 saturated carbocycles. The number of aliphatic hydroxyl groups excluding tert-OH is 1. The van der Waals surface area contributed by atoms with Gasteiger partial charge in [0.05, 0.1) is 20.1 Å². The Morgan fingerprint density at radius 3 is 2.50 bits per heavy atom. The van der Waals surface area contributed by atoms with Crippen molar-refractivity contribution in [1.29, 1.82) is 0 Å². The molecule has 0 spiro atoms. The molecule has 110 valence electrons. The molecular formula is C16H25N2O2+. The van der Waals surface area contributed by atoms with E-state index in [0.717, 1.165) is 16.7 Å². The Hall–Kier alpha value is -1.52. The van der Waals surface area contributed by atoms with Crippen molar-refractivity contribution >= 4 is 10.9 Å². The number of H-pyrrole nitrogens is 1. The highest BCUT2D eigenvalue weighted by atomic mass is 16.5. The van der Waals surface area contributed by atoms with Crippen LogP contribution >= 0.6 is 0 Å². The summed E-state index contributed by atoms with van der Waals surface area (Å²) in [4.78, 5) is 3.16. The van der Waals surface area contributed by atoms with Crippen molar-refractivity contribution in [3.05, 3.63) is 30.5 Å². The summed E-state index contributed by atoms with van der Waals surface area (Å²) in [5.41, 5.74) is 1.04. The number of aromatic nitrogens is 1. The molecule has 0 bridgehead atoms. The Labute approximate surface area is 120 Å². The van der Waals surface area contributed by atoms with Gasteiger partial charge >= 0.3 is 0 Å². The zero-order valence-corrected chi connectivity index (χ0v) is 12.9. The monoisotopic (exact) mass is 277 g/mol. The van der Waals surface area contributed by atoms with Gasteiger partial charge in [-0.15, -0.1) is 0 Å². The van der Waals surface area contributed by atoms with Gasteiger partial charge in [0.2, 0.25) is 6.23 Å². The summed E-state index contributed by atoms with van der Waals surface area (Å²) in [6, 6.07) is 8.22. The molecule has 1 aromatic carbocycles. The molecule has 2 unspecified atom stereocenters. The maximum atomic E-state index is 10.5. The minimum atomic E-state index is -0.579. The topological polar surface area (TPSA) is 45.2 Å². The fourth-order valence-corrected chi connectivity index (χ4v) is 2.27. The molecule has 2 rings (SSSR count). The van der Waals surface area contributed by atoms with Crippen LogP contribution in [0.15, 0.2) is 30.5 Å². The third kappa shape index (κ3) is 2.67. The first-order valence-electron chi connectivity index (χ1n) is 7.08. The Morgan fingerprint density at radius 1 is 1.15 bits per heavy atom. The van der Waals surface area contributed by atoms with Crippen molar-refractivity contribution in [2.75, 3.05) is 14.1 Å². The highest BCUT2D eigenvalue weighted by Gasteiger charge is 2.35. The van der Waals surface area contributed by atoms with Crippen LogP contribution in [0.25, 0.3) is 10.9 Å². The first-order valence-corrected chi connectivity index (χ1v) is 7.08. The number of nitrogens with zero attached hydrogens (tertiary/aromatic N) is 1. The van der Waals surface area contributed by atoms with Crippen LogP contribution < -0.4 is 4.74 Å². The number of hydrogen-bond acceptors (Lipinski definition) is 2. The van der Waals surface area contributed by atoms with Crippen LogP contribution in [-0.2, 0) is 0 Å². The average molecular weight is 277 g/mol. The highest BCUT2D eigenvalue weighted by molar-refractivity contribution is 5.85. The maximum absolute atomic E-state index is 10.5. The molecule has 0 radical (unpaired) electrons. The predicted molar refractivity (Wildman–Crippen MR) is 81.6 cm³/mol. The van der Waals surface area contributed by atoms with Gasteiger partial charge < -0.3 is 14.8 Å². The lowest BCUT2D eigenvalue weighted by Crippen LogP contribution is -2.58. The summed E-state index contributed by atoms with van der Waals surface area (Å²) in [7, 11) is 4.04. The molecule has 1 aromatic heterocycles. The van der Waals surface area contributed by atoms with Crippen molar-refractivity contribution in [2.45, 2.75) is 39.1 Å². The standard InChI is InChI=1S/C16H25N2O2/c1-11(2)18(4,5)16(19)12(3)20-15-8-6-7-14-13(15)9-10-17-14/h6-12,16-17,19H,1-5H3/q+1. The number of likely N-dealkylation sites (N-methyl/N-ethyl adjacent to an activating group) is 1.